The zero-order valence-corrected chi connectivity index (χ0v) is 7.09. The van der Waals surface area contributed by atoms with E-state index < -0.39 is 0 Å². The first kappa shape index (κ1) is 7.56. The van der Waals surface area contributed by atoms with E-state index >= 15 is 0 Å². The van der Waals surface area contributed by atoms with Crippen molar-refractivity contribution < 1.29 is 0 Å². The molecule has 12 heavy (non-hydrogen) atoms. The zero-order valence-electron chi connectivity index (χ0n) is 7.09. The topological polar surface area (TPSA) is 26.0 Å². The maximum atomic E-state index is 5.56. The minimum atomic E-state index is 0.640. The maximum absolute atomic E-state index is 5.56. The van der Waals surface area contributed by atoms with E-state index in [0.717, 1.165) is 0 Å². The van der Waals surface area contributed by atoms with E-state index in [9.17, 15) is 0 Å². The van der Waals surface area contributed by atoms with Crippen LogP contribution in [0.4, 0.5) is 0 Å². The highest BCUT2D eigenvalue weighted by molar-refractivity contribution is 5.57. The SMILES string of the molecule is NCc1ccc2c(c1)C=CCC2. The predicted octanol–water partition coefficient (Wildman–Crippen LogP) is 2.10. The van der Waals surface area contributed by atoms with Crippen molar-refractivity contribution in [3.8, 4) is 0 Å². The van der Waals surface area contributed by atoms with Crippen molar-refractivity contribution in [2.24, 2.45) is 5.73 Å². The van der Waals surface area contributed by atoms with Gasteiger partial charge in [-0.2, -0.15) is 0 Å². The van der Waals surface area contributed by atoms with Gasteiger partial charge >= 0.3 is 0 Å². The van der Waals surface area contributed by atoms with Gasteiger partial charge in [0.25, 0.3) is 0 Å². The van der Waals surface area contributed by atoms with Gasteiger partial charge in [-0.05, 0) is 29.5 Å². The lowest BCUT2D eigenvalue weighted by molar-refractivity contribution is 0.976. The first-order valence-electron chi connectivity index (χ1n) is 4.38. The number of nitrogens with two attached hydrogens (primary N) is 1. The molecule has 62 valence electrons. The largest absolute Gasteiger partial charge is 0.326 e. The molecule has 2 rings (SSSR count). The van der Waals surface area contributed by atoms with Gasteiger partial charge in [-0.25, -0.2) is 0 Å². The number of aryl methyl sites for hydroxylation is 1. The molecule has 0 fully saturated rings. The van der Waals surface area contributed by atoms with Gasteiger partial charge in [-0.1, -0.05) is 30.4 Å². The Hall–Kier alpha value is -1.08. The van der Waals surface area contributed by atoms with E-state index in [1.54, 1.807) is 0 Å². The van der Waals surface area contributed by atoms with Gasteiger partial charge in [0.1, 0.15) is 0 Å². The lowest BCUT2D eigenvalue weighted by atomic mass is 9.96. The van der Waals surface area contributed by atoms with Gasteiger partial charge < -0.3 is 5.73 Å². The summed E-state index contributed by atoms with van der Waals surface area (Å²) in [6, 6.07) is 6.50. The third-order valence-corrected chi connectivity index (χ3v) is 2.32. The molecule has 0 aromatic heterocycles. The van der Waals surface area contributed by atoms with Crippen LogP contribution in [0.15, 0.2) is 24.3 Å². The molecule has 1 aliphatic rings. The molecular weight excluding hydrogens is 146 g/mol. The Morgan fingerprint density at radius 1 is 1.33 bits per heavy atom. The minimum Gasteiger partial charge on any atom is -0.326 e. The van der Waals surface area contributed by atoms with E-state index in [0.29, 0.717) is 6.54 Å². The van der Waals surface area contributed by atoms with E-state index in [2.05, 4.69) is 30.4 Å². The fourth-order valence-electron chi connectivity index (χ4n) is 1.60. The molecule has 0 aliphatic heterocycles. The van der Waals surface area contributed by atoms with Crippen LogP contribution in [0.2, 0.25) is 0 Å². The summed E-state index contributed by atoms with van der Waals surface area (Å²) in [5.74, 6) is 0. The summed E-state index contributed by atoms with van der Waals surface area (Å²) in [5, 5.41) is 0. The van der Waals surface area contributed by atoms with Crippen LogP contribution in [-0.2, 0) is 13.0 Å². The van der Waals surface area contributed by atoms with Crippen LogP contribution in [0.5, 0.6) is 0 Å². The molecule has 0 unspecified atom stereocenters. The molecule has 1 aliphatic carbocycles. The van der Waals surface area contributed by atoms with Crippen LogP contribution < -0.4 is 5.73 Å². The molecule has 0 spiro atoms. The fraction of sp³-hybridized carbons (Fsp3) is 0.273. The van der Waals surface area contributed by atoms with Crippen molar-refractivity contribution in [2.75, 3.05) is 0 Å². The Morgan fingerprint density at radius 3 is 3.08 bits per heavy atom. The van der Waals surface area contributed by atoms with Gasteiger partial charge in [0.05, 0.1) is 0 Å². The molecular formula is C11H13N. The summed E-state index contributed by atoms with van der Waals surface area (Å²) >= 11 is 0. The summed E-state index contributed by atoms with van der Waals surface area (Å²) in [5.41, 5.74) is 9.59. The molecule has 0 radical (unpaired) electrons. The number of benzene rings is 1. The highest BCUT2D eigenvalue weighted by Gasteiger charge is 2.03. The molecule has 0 atom stereocenters. The highest BCUT2D eigenvalue weighted by Crippen LogP contribution is 2.19. The second-order valence-electron chi connectivity index (χ2n) is 3.18. The molecule has 0 amide bonds. The van der Waals surface area contributed by atoms with Gasteiger partial charge in [0, 0.05) is 6.54 Å². The normalized spacial score (nSPS) is 14.4. The fourth-order valence-corrected chi connectivity index (χ4v) is 1.60. The van der Waals surface area contributed by atoms with E-state index in [4.69, 9.17) is 5.73 Å². The molecule has 1 nitrogen and oxygen atoms in total. The van der Waals surface area contributed by atoms with Crippen LogP contribution in [0, 0.1) is 0 Å². The third-order valence-electron chi connectivity index (χ3n) is 2.32. The first-order valence-corrected chi connectivity index (χ1v) is 4.38. The van der Waals surface area contributed by atoms with Crippen molar-refractivity contribution in [1.29, 1.82) is 0 Å². The Labute approximate surface area is 72.9 Å². The second-order valence-corrected chi connectivity index (χ2v) is 3.18. The van der Waals surface area contributed by atoms with Crippen LogP contribution in [0.1, 0.15) is 23.1 Å². The molecule has 2 N–H and O–H groups in total. The monoisotopic (exact) mass is 159 g/mol. The first-order chi connectivity index (χ1) is 5.90. The minimum absolute atomic E-state index is 0.640. The van der Waals surface area contributed by atoms with E-state index in [-0.39, 0.29) is 0 Å². The number of hydrogen-bond donors (Lipinski definition) is 1. The molecule has 1 heteroatoms. The molecule has 0 bridgehead atoms. The van der Waals surface area contributed by atoms with Crippen molar-refractivity contribution in [1.82, 2.24) is 0 Å². The summed E-state index contributed by atoms with van der Waals surface area (Å²) in [6.45, 7) is 0.640. The van der Waals surface area contributed by atoms with Crippen LogP contribution in [0.3, 0.4) is 0 Å². The zero-order chi connectivity index (χ0) is 8.39. The summed E-state index contributed by atoms with van der Waals surface area (Å²) < 4.78 is 0. The standard InChI is InChI=1S/C11H13N/c12-8-9-5-6-10-3-1-2-4-11(10)7-9/h2,4-7H,1,3,8,12H2. The van der Waals surface area contributed by atoms with Gasteiger partial charge in [-0.15, -0.1) is 0 Å². The van der Waals surface area contributed by atoms with Crippen LogP contribution >= 0.6 is 0 Å². The van der Waals surface area contributed by atoms with Gasteiger partial charge in [0.2, 0.25) is 0 Å². The molecule has 0 saturated heterocycles. The average Bonchev–Trinajstić information content (AvgIpc) is 2.17. The van der Waals surface area contributed by atoms with Crippen LogP contribution in [-0.4, -0.2) is 0 Å². The number of hydrogen-bond acceptors (Lipinski definition) is 1. The number of fused-ring (bicyclic) bond motifs is 1. The average molecular weight is 159 g/mol. The van der Waals surface area contributed by atoms with Crippen LogP contribution in [0.25, 0.3) is 6.08 Å². The van der Waals surface area contributed by atoms with Gasteiger partial charge in [0.15, 0.2) is 0 Å². The Kier molecular flexibility index (Phi) is 1.96. The smallest absolute Gasteiger partial charge is 0.0178 e. The van der Waals surface area contributed by atoms with Crippen molar-refractivity contribution in [3.63, 3.8) is 0 Å². The van der Waals surface area contributed by atoms with E-state index in [1.807, 2.05) is 0 Å². The van der Waals surface area contributed by atoms with Crippen molar-refractivity contribution >= 4 is 6.08 Å². The molecule has 1 aromatic carbocycles. The van der Waals surface area contributed by atoms with Gasteiger partial charge in [-0.3, -0.25) is 0 Å². The summed E-state index contributed by atoms with van der Waals surface area (Å²) in [6.07, 6.45) is 6.77. The van der Waals surface area contributed by atoms with E-state index in [1.165, 1.54) is 29.5 Å². The quantitative estimate of drug-likeness (QED) is 0.667. The number of allylic oxidation sites excluding steroid dienone is 1. The summed E-state index contributed by atoms with van der Waals surface area (Å²) in [7, 11) is 0. The number of rotatable bonds is 1. The molecule has 1 aromatic rings. The lowest BCUT2D eigenvalue weighted by Crippen LogP contribution is -1.99. The molecule has 0 heterocycles. The van der Waals surface area contributed by atoms with Crippen molar-refractivity contribution in [3.05, 3.63) is 41.0 Å². The molecule has 0 saturated carbocycles. The Bertz CT molecular complexity index is 313. The maximum Gasteiger partial charge on any atom is 0.0178 e. The Balaban J connectivity index is 2.44. The Morgan fingerprint density at radius 2 is 2.25 bits per heavy atom. The highest BCUT2D eigenvalue weighted by atomic mass is 14.5. The predicted molar refractivity (Wildman–Crippen MR) is 51.7 cm³/mol. The summed E-state index contributed by atoms with van der Waals surface area (Å²) in [4.78, 5) is 0. The lowest BCUT2D eigenvalue weighted by Gasteiger charge is -2.10. The van der Waals surface area contributed by atoms with Crippen molar-refractivity contribution in [2.45, 2.75) is 19.4 Å². The second kappa shape index (κ2) is 3.11. The third kappa shape index (κ3) is 1.28.